The summed E-state index contributed by atoms with van der Waals surface area (Å²) in [6.45, 7) is 0. The Morgan fingerprint density at radius 1 is 0.442 bits per heavy atom. The summed E-state index contributed by atoms with van der Waals surface area (Å²) >= 11 is 6.19. The van der Waals surface area contributed by atoms with E-state index in [9.17, 15) is 0 Å². The van der Waals surface area contributed by atoms with Gasteiger partial charge in [0.25, 0.3) is 0 Å². The SMILES string of the molecule is Clc1ccc(-c2nc(-c3ccccc3)nc(-c3ccccc3-c3nc(C4=CC=CCC4)nc(-c4ccccc4)n3)n2)cc1. The van der Waals surface area contributed by atoms with E-state index in [4.69, 9.17) is 41.5 Å². The molecule has 2 aromatic heterocycles. The first-order valence-electron chi connectivity index (χ1n) is 14.1. The molecule has 4 aromatic carbocycles. The van der Waals surface area contributed by atoms with Gasteiger partial charge < -0.3 is 0 Å². The van der Waals surface area contributed by atoms with E-state index in [-0.39, 0.29) is 0 Å². The summed E-state index contributed by atoms with van der Waals surface area (Å²) in [5, 5.41) is 0.648. The molecule has 0 spiro atoms. The van der Waals surface area contributed by atoms with Crippen LogP contribution in [0.3, 0.4) is 0 Å². The Hall–Kier alpha value is -5.33. The summed E-state index contributed by atoms with van der Waals surface area (Å²) in [6, 6.07) is 35.4. The van der Waals surface area contributed by atoms with Crippen LogP contribution in [0.1, 0.15) is 18.7 Å². The second-order valence-electron chi connectivity index (χ2n) is 10.1. The molecule has 0 aliphatic heterocycles. The van der Waals surface area contributed by atoms with Gasteiger partial charge in [0.05, 0.1) is 0 Å². The van der Waals surface area contributed by atoms with Gasteiger partial charge in [0.2, 0.25) is 0 Å². The van der Waals surface area contributed by atoms with Gasteiger partial charge in [-0.25, -0.2) is 29.9 Å². The topological polar surface area (TPSA) is 77.3 Å². The van der Waals surface area contributed by atoms with Crippen LogP contribution in [0.25, 0.3) is 62.5 Å². The molecule has 0 bridgehead atoms. The van der Waals surface area contributed by atoms with Crippen LogP contribution < -0.4 is 0 Å². The highest BCUT2D eigenvalue weighted by Crippen LogP contribution is 2.33. The highest BCUT2D eigenvalue weighted by Gasteiger charge is 2.19. The maximum atomic E-state index is 6.19. The maximum absolute atomic E-state index is 6.19. The highest BCUT2D eigenvalue weighted by molar-refractivity contribution is 6.30. The van der Waals surface area contributed by atoms with Crippen molar-refractivity contribution in [3.8, 4) is 56.9 Å². The molecule has 0 fully saturated rings. The van der Waals surface area contributed by atoms with Crippen LogP contribution in [0.5, 0.6) is 0 Å². The summed E-state index contributed by atoms with van der Waals surface area (Å²) in [4.78, 5) is 29.6. The molecule has 1 aliphatic rings. The molecule has 0 saturated heterocycles. The predicted molar refractivity (Wildman–Crippen MR) is 172 cm³/mol. The fourth-order valence-corrected chi connectivity index (χ4v) is 5.09. The molecule has 7 heteroatoms. The van der Waals surface area contributed by atoms with E-state index in [2.05, 4.69) is 18.2 Å². The fourth-order valence-electron chi connectivity index (χ4n) is 4.96. The van der Waals surface area contributed by atoms with Crippen LogP contribution in [-0.4, -0.2) is 29.9 Å². The zero-order chi connectivity index (χ0) is 29.0. The second kappa shape index (κ2) is 11.9. The molecule has 2 heterocycles. The third-order valence-electron chi connectivity index (χ3n) is 7.15. The molecule has 0 atom stereocenters. The summed E-state index contributed by atoms with van der Waals surface area (Å²) < 4.78 is 0. The predicted octanol–water partition coefficient (Wildman–Crippen LogP) is 8.78. The Morgan fingerprint density at radius 2 is 0.884 bits per heavy atom. The Morgan fingerprint density at radius 3 is 1.40 bits per heavy atom. The van der Waals surface area contributed by atoms with Crippen LogP contribution in [-0.2, 0) is 0 Å². The average Bonchev–Trinajstić information content (AvgIpc) is 3.09. The van der Waals surface area contributed by atoms with Gasteiger partial charge in [-0.15, -0.1) is 0 Å². The molecule has 0 unspecified atom stereocenters. The molecule has 7 rings (SSSR count). The van der Waals surface area contributed by atoms with Gasteiger partial charge in [0.1, 0.15) is 0 Å². The third-order valence-corrected chi connectivity index (χ3v) is 7.40. The lowest BCUT2D eigenvalue weighted by atomic mass is 10.0. The van der Waals surface area contributed by atoms with Gasteiger partial charge in [-0.3, -0.25) is 0 Å². The normalized spacial score (nSPS) is 12.6. The van der Waals surface area contributed by atoms with Gasteiger partial charge >= 0.3 is 0 Å². The Bertz CT molecular complexity index is 1970. The molecule has 0 radical (unpaired) electrons. The minimum Gasteiger partial charge on any atom is -0.209 e. The number of halogens is 1. The first-order chi connectivity index (χ1) is 21.2. The smallest absolute Gasteiger partial charge is 0.164 e. The van der Waals surface area contributed by atoms with Crippen LogP contribution in [0.2, 0.25) is 5.02 Å². The second-order valence-corrected chi connectivity index (χ2v) is 10.5. The Labute approximate surface area is 254 Å². The molecule has 206 valence electrons. The Kier molecular flexibility index (Phi) is 7.34. The van der Waals surface area contributed by atoms with Crippen LogP contribution >= 0.6 is 11.6 Å². The number of aromatic nitrogens is 6. The highest BCUT2D eigenvalue weighted by atomic mass is 35.5. The van der Waals surface area contributed by atoms with Crippen LogP contribution in [0, 0.1) is 0 Å². The number of hydrogen-bond acceptors (Lipinski definition) is 6. The lowest BCUT2D eigenvalue weighted by Crippen LogP contribution is -2.05. The van der Waals surface area contributed by atoms with Crippen molar-refractivity contribution in [2.24, 2.45) is 0 Å². The van der Waals surface area contributed by atoms with E-state index in [1.54, 1.807) is 0 Å². The van der Waals surface area contributed by atoms with Crippen molar-refractivity contribution >= 4 is 17.2 Å². The van der Waals surface area contributed by atoms with Crippen molar-refractivity contribution in [1.29, 1.82) is 0 Å². The molecule has 43 heavy (non-hydrogen) atoms. The average molecular weight is 577 g/mol. The van der Waals surface area contributed by atoms with E-state index in [1.807, 2.05) is 109 Å². The van der Waals surface area contributed by atoms with Gasteiger partial charge in [-0.05, 0) is 42.7 Å². The van der Waals surface area contributed by atoms with Crippen molar-refractivity contribution in [3.05, 3.63) is 138 Å². The lowest BCUT2D eigenvalue weighted by Gasteiger charge is -2.14. The first kappa shape index (κ1) is 26.6. The first-order valence-corrected chi connectivity index (χ1v) is 14.4. The lowest BCUT2D eigenvalue weighted by molar-refractivity contribution is 0.977. The zero-order valence-corrected chi connectivity index (χ0v) is 23.9. The van der Waals surface area contributed by atoms with Gasteiger partial charge in [-0.2, -0.15) is 0 Å². The van der Waals surface area contributed by atoms with Crippen LogP contribution in [0.4, 0.5) is 0 Å². The number of benzene rings is 4. The number of rotatable bonds is 6. The van der Waals surface area contributed by atoms with Crippen molar-refractivity contribution in [2.75, 3.05) is 0 Å². The van der Waals surface area contributed by atoms with Crippen molar-refractivity contribution in [2.45, 2.75) is 12.8 Å². The zero-order valence-electron chi connectivity index (χ0n) is 23.1. The van der Waals surface area contributed by atoms with E-state index in [0.29, 0.717) is 40.0 Å². The molecule has 6 aromatic rings. The number of hydrogen-bond donors (Lipinski definition) is 0. The molecular weight excluding hydrogens is 552 g/mol. The largest absolute Gasteiger partial charge is 0.209 e. The summed E-state index contributed by atoms with van der Waals surface area (Å²) in [6.07, 6.45) is 8.12. The molecule has 0 saturated carbocycles. The van der Waals surface area contributed by atoms with E-state index in [0.717, 1.165) is 46.2 Å². The molecule has 0 N–H and O–H groups in total. The maximum Gasteiger partial charge on any atom is 0.164 e. The quantitative estimate of drug-likeness (QED) is 0.197. The minimum absolute atomic E-state index is 0.525. The third kappa shape index (κ3) is 5.73. The van der Waals surface area contributed by atoms with Gasteiger partial charge in [-0.1, -0.05) is 115 Å². The standard InChI is InChI=1S/C36H25ClN6/c37-28-22-20-27(21-23-28)34-39-33(26-16-8-3-9-17-26)42-36(43-34)30-19-11-10-18-29(30)35-40-31(24-12-4-1-5-13-24)38-32(41-35)25-14-6-2-7-15-25/h1-6,8-14,16-23H,7,15H2. The van der Waals surface area contributed by atoms with E-state index < -0.39 is 0 Å². The van der Waals surface area contributed by atoms with Crippen molar-refractivity contribution in [1.82, 2.24) is 29.9 Å². The van der Waals surface area contributed by atoms with Gasteiger partial charge in [0, 0.05) is 32.8 Å². The summed E-state index contributed by atoms with van der Waals surface area (Å²) in [7, 11) is 0. The minimum atomic E-state index is 0.525. The monoisotopic (exact) mass is 576 g/mol. The molecule has 1 aliphatic carbocycles. The van der Waals surface area contributed by atoms with Crippen molar-refractivity contribution < 1.29 is 0 Å². The Balaban J connectivity index is 1.43. The van der Waals surface area contributed by atoms with E-state index in [1.165, 1.54) is 0 Å². The van der Waals surface area contributed by atoms with Crippen LogP contribution in [0.15, 0.2) is 127 Å². The number of allylic oxidation sites excluding steroid dienone is 4. The molecule has 0 amide bonds. The summed E-state index contributed by atoms with van der Waals surface area (Å²) in [5.41, 5.74) is 5.35. The number of nitrogens with zero attached hydrogens (tertiary/aromatic N) is 6. The fraction of sp³-hybridized carbons (Fsp3) is 0.0556. The summed E-state index contributed by atoms with van der Waals surface area (Å²) in [5.74, 6) is 3.50. The van der Waals surface area contributed by atoms with Gasteiger partial charge in [0.15, 0.2) is 34.9 Å². The van der Waals surface area contributed by atoms with Crippen molar-refractivity contribution in [3.63, 3.8) is 0 Å². The molecular formula is C36H25ClN6. The molecule has 6 nitrogen and oxygen atoms in total. The van der Waals surface area contributed by atoms with E-state index >= 15 is 0 Å².